The molecule has 0 aromatic heterocycles. The van der Waals surface area contributed by atoms with E-state index in [9.17, 15) is 14.9 Å². The van der Waals surface area contributed by atoms with Crippen molar-refractivity contribution < 1.29 is 14.8 Å². The summed E-state index contributed by atoms with van der Waals surface area (Å²) in [5, 5.41) is 22.5. The van der Waals surface area contributed by atoms with Crippen molar-refractivity contribution in [2.24, 2.45) is 0 Å². The lowest BCUT2D eigenvalue weighted by Crippen LogP contribution is -2.28. The third kappa shape index (κ3) is 3.69. The van der Waals surface area contributed by atoms with Gasteiger partial charge < -0.3 is 10.4 Å². The molecule has 0 bridgehead atoms. The molecule has 0 saturated heterocycles. The van der Waals surface area contributed by atoms with Gasteiger partial charge in [0.15, 0.2) is 0 Å². The molecule has 0 aliphatic carbocycles. The van der Waals surface area contributed by atoms with Gasteiger partial charge in [-0.3, -0.25) is 10.1 Å². The second kappa shape index (κ2) is 6.34. The van der Waals surface area contributed by atoms with Gasteiger partial charge >= 0.3 is 5.97 Å². The molecule has 1 unspecified atom stereocenters. The minimum absolute atomic E-state index is 0.141. The molecule has 0 spiro atoms. The highest BCUT2D eigenvalue weighted by Crippen LogP contribution is 2.27. The number of halogens is 1. The molecule has 0 heterocycles. The number of nitro groups is 1. The normalized spacial score (nSPS) is 11.6. The van der Waals surface area contributed by atoms with Gasteiger partial charge in [-0.05, 0) is 41.1 Å². The molecule has 0 aliphatic rings. The van der Waals surface area contributed by atoms with Gasteiger partial charge in [-0.1, -0.05) is 6.08 Å². The molecule has 0 fully saturated rings. The Bertz CT molecular complexity index is 490. The highest BCUT2D eigenvalue weighted by Gasteiger charge is 2.21. The fourth-order valence-corrected chi connectivity index (χ4v) is 1.83. The number of anilines is 1. The van der Waals surface area contributed by atoms with Gasteiger partial charge in [-0.25, -0.2) is 4.79 Å². The number of hydrogen-bond acceptors (Lipinski definition) is 4. The maximum Gasteiger partial charge on any atom is 0.326 e. The van der Waals surface area contributed by atoms with Crippen LogP contribution in [0.1, 0.15) is 6.42 Å². The number of carboxylic acids is 1. The van der Waals surface area contributed by atoms with Crippen LogP contribution < -0.4 is 5.32 Å². The zero-order valence-corrected chi connectivity index (χ0v) is 11.5. The molecule has 0 saturated carbocycles. The van der Waals surface area contributed by atoms with E-state index in [1.165, 1.54) is 18.2 Å². The number of nitrogens with one attached hydrogen (secondary N) is 1. The summed E-state index contributed by atoms with van der Waals surface area (Å²) in [4.78, 5) is 21.3. The summed E-state index contributed by atoms with van der Waals surface area (Å²) in [6.07, 6.45) is 1.63. The van der Waals surface area contributed by atoms with E-state index in [1.54, 1.807) is 6.07 Å². The fraction of sp³-hybridized carbons (Fsp3) is 0.182. The smallest absolute Gasteiger partial charge is 0.326 e. The van der Waals surface area contributed by atoms with Gasteiger partial charge in [0.2, 0.25) is 0 Å². The number of carbonyl (C=O) groups is 1. The van der Waals surface area contributed by atoms with Crippen LogP contribution in [0, 0.1) is 13.7 Å². The third-order valence-corrected chi connectivity index (χ3v) is 2.86. The molecule has 1 aromatic rings. The molecule has 2 N–H and O–H groups in total. The van der Waals surface area contributed by atoms with Crippen LogP contribution >= 0.6 is 22.6 Å². The number of rotatable bonds is 6. The minimum atomic E-state index is -1.08. The molecule has 96 valence electrons. The summed E-state index contributed by atoms with van der Waals surface area (Å²) in [6, 6.07) is 3.62. The van der Waals surface area contributed by atoms with Crippen LogP contribution in [-0.4, -0.2) is 22.0 Å². The van der Waals surface area contributed by atoms with Gasteiger partial charge in [-0.2, -0.15) is 0 Å². The Balaban J connectivity index is 3.05. The minimum Gasteiger partial charge on any atom is -0.480 e. The van der Waals surface area contributed by atoms with Crippen LogP contribution in [0.15, 0.2) is 30.9 Å². The lowest BCUT2D eigenvalue weighted by atomic mass is 10.2. The standard InChI is InChI=1S/C11H11IN2O4/c1-2-3-9(11(15)16)13-8-5-4-7(12)6-10(8)14(17)18/h2,4-6,9,13H,1,3H2,(H,15,16). The Hall–Kier alpha value is -1.64. The molecule has 0 radical (unpaired) electrons. The molecular weight excluding hydrogens is 351 g/mol. The number of benzene rings is 1. The maximum absolute atomic E-state index is 11.0. The van der Waals surface area contributed by atoms with E-state index >= 15 is 0 Å². The van der Waals surface area contributed by atoms with Crippen molar-refractivity contribution in [3.05, 3.63) is 44.5 Å². The molecular formula is C11H11IN2O4. The number of nitrogens with zero attached hydrogens (tertiary/aromatic N) is 1. The second-order valence-corrected chi connectivity index (χ2v) is 4.72. The van der Waals surface area contributed by atoms with Crippen LogP contribution in [0.5, 0.6) is 0 Å². The van der Waals surface area contributed by atoms with Crippen molar-refractivity contribution >= 4 is 39.9 Å². The summed E-state index contributed by atoms with van der Waals surface area (Å²) in [6.45, 7) is 3.46. The van der Waals surface area contributed by atoms with Gasteiger partial charge in [0.1, 0.15) is 11.7 Å². The summed E-state index contributed by atoms with van der Waals surface area (Å²) in [5.41, 5.74) is 0.0480. The molecule has 1 atom stereocenters. The molecule has 1 aromatic carbocycles. The van der Waals surface area contributed by atoms with Crippen LogP contribution in [-0.2, 0) is 4.79 Å². The first-order chi connectivity index (χ1) is 8.45. The fourth-order valence-electron chi connectivity index (χ4n) is 1.35. The largest absolute Gasteiger partial charge is 0.480 e. The van der Waals surface area contributed by atoms with Gasteiger partial charge in [0, 0.05) is 9.64 Å². The number of nitro benzene ring substituents is 1. The Labute approximate surface area is 117 Å². The van der Waals surface area contributed by atoms with Crippen LogP contribution in [0.4, 0.5) is 11.4 Å². The third-order valence-electron chi connectivity index (χ3n) is 2.19. The van der Waals surface area contributed by atoms with Crippen LogP contribution in [0.25, 0.3) is 0 Å². The summed E-state index contributed by atoms with van der Waals surface area (Å²) in [5.74, 6) is -1.08. The lowest BCUT2D eigenvalue weighted by molar-refractivity contribution is -0.384. The van der Waals surface area contributed by atoms with E-state index in [0.717, 1.165) is 0 Å². The Morgan fingerprint density at radius 1 is 1.67 bits per heavy atom. The number of aliphatic carboxylic acids is 1. The number of carboxylic acid groups (broad SMARTS) is 1. The van der Waals surface area contributed by atoms with Crippen molar-refractivity contribution in [3.63, 3.8) is 0 Å². The molecule has 1 rings (SSSR count). The van der Waals surface area contributed by atoms with E-state index < -0.39 is 16.9 Å². The summed E-state index contributed by atoms with van der Waals surface area (Å²) >= 11 is 1.95. The van der Waals surface area contributed by atoms with Crippen molar-refractivity contribution in [2.45, 2.75) is 12.5 Å². The Kier molecular flexibility index (Phi) is 5.08. The first kappa shape index (κ1) is 14.4. The molecule has 6 nitrogen and oxygen atoms in total. The average Bonchev–Trinajstić information content (AvgIpc) is 2.30. The monoisotopic (exact) mass is 362 g/mol. The predicted octanol–water partition coefficient (Wildman–Crippen LogP) is 2.64. The SMILES string of the molecule is C=CCC(Nc1ccc(I)cc1[N+](=O)[O-])C(=O)O. The van der Waals surface area contributed by atoms with E-state index in [1.807, 2.05) is 22.6 Å². The first-order valence-electron chi connectivity index (χ1n) is 5.00. The number of hydrogen-bond donors (Lipinski definition) is 2. The quantitative estimate of drug-likeness (QED) is 0.351. The average molecular weight is 362 g/mol. The van der Waals surface area contributed by atoms with E-state index in [0.29, 0.717) is 3.57 Å². The van der Waals surface area contributed by atoms with Crippen molar-refractivity contribution in [3.8, 4) is 0 Å². The lowest BCUT2D eigenvalue weighted by Gasteiger charge is -2.14. The van der Waals surface area contributed by atoms with E-state index in [4.69, 9.17) is 5.11 Å². The Morgan fingerprint density at radius 2 is 2.33 bits per heavy atom. The van der Waals surface area contributed by atoms with Crippen LogP contribution in [0.3, 0.4) is 0 Å². The van der Waals surface area contributed by atoms with Gasteiger partial charge in [0.05, 0.1) is 4.92 Å². The van der Waals surface area contributed by atoms with Crippen molar-refractivity contribution in [1.29, 1.82) is 0 Å². The summed E-state index contributed by atoms with van der Waals surface area (Å²) < 4.78 is 0.709. The maximum atomic E-state index is 11.0. The zero-order valence-electron chi connectivity index (χ0n) is 9.30. The Morgan fingerprint density at radius 3 is 2.83 bits per heavy atom. The zero-order chi connectivity index (χ0) is 13.7. The van der Waals surface area contributed by atoms with Crippen molar-refractivity contribution in [2.75, 3.05) is 5.32 Å². The predicted molar refractivity (Wildman–Crippen MR) is 75.7 cm³/mol. The second-order valence-electron chi connectivity index (χ2n) is 3.48. The molecule has 0 aliphatic heterocycles. The van der Waals surface area contributed by atoms with E-state index in [2.05, 4.69) is 11.9 Å². The molecule has 7 heteroatoms. The van der Waals surface area contributed by atoms with Crippen molar-refractivity contribution in [1.82, 2.24) is 0 Å². The summed E-state index contributed by atoms with van der Waals surface area (Å²) in [7, 11) is 0. The highest BCUT2D eigenvalue weighted by atomic mass is 127. The van der Waals surface area contributed by atoms with E-state index in [-0.39, 0.29) is 17.8 Å². The van der Waals surface area contributed by atoms with Gasteiger partial charge in [-0.15, -0.1) is 6.58 Å². The van der Waals surface area contributed by atoms with Gasteiger partial charge in [0.25, 0.3) is 5.69 Å². The highest BCUT2D eigenvalue weighted by molar-refractivity contribution is 14.1. The topological polar surface area (TPSA) is 92.5 Å². The molecule has 18 heavy (non-hydrogen) atoms. The van der Waals surface area contributed by atoms with Crippen LogP contribution in [0.2, 0.25) is 0 Å². The first-order valence-corrected chi connectivity index (χ1v) is 6.07. The molecule has 0 amide bonds.